The van der Waals surface area contributed by atoms with Crippen molar-refractivity contribution in [1.82, 2.24) is 19.9 Å². The Bertz CT molecular complexity index is 1060. The van der Waals surface area contributed by atoms with Crippen LogP contribution in [0.1, 0.15) is 30.9 Å². The fraction of sp³-hybridized carbons (Fsp3) is 0.300. The fourth-order valence-corrected chi connectivity index (χ4v) is 3.62. The molecule has 2 N–H and O–H groups in total. The molecular formula is C20H20FN5O. The fourth-order valence-electron chi connectivity index (χ4n) is 3.62. The number of nitrogens with one attached hydrogen (secondary N) is 2. The van der Waals surface area contributed by atoms with E-state index >= 15 is 0 Å². The molecule has 1 aliphatic carbocycles. The van der Waals surface area contributed by atoms with Crippen LogP contribution >= 0.6 is 0 Å². The van der Waals surface area contributed by atoms with E-state index in [0.29, 0.717) is 12.4 Å². The number of nitrogens with zero attached hydrogens (tertiary/aromatic N) is 3. The van der Waals surface area contributed by atoms with E-state index in [-0.39, 0.29) is 17.4 Å². The third-order valence-electron chi connectivity index (χ3n) is 5.18. The molecule has 2 aromatic heterocycles. The Balaban J connectivity index is 1.66. The largest absolute Gasteiger partial charge is 0.491 e. The maximum Gasteiger partial charge on any atom is 0.166 e. The van der Waals surface area contributed by atoms with Crippen molar-refractivity contribution in [2.24, 2.45) is 0 Å². The number of benzene rings is 1. The second kappa shape index (κ2) is 5.70. The van der Waals surface area contributed by atoms with Crippen molar-refractivity contribution in [3.05, 3.63) is 60.2 Å². The summed E-state index contributed by atoms with van der Waals surface area (Å²) >= 11 is 0. The minimum absolute atomic E-state index is 0.0115. The number of hydrogen-bond acceptors (Lipinski definition) is 5. The third kappa shape index (κ3) is 2.70. The Morgan fingerprint density at radius 1 is 1.33 bits per heavy atom. The molecule has 7 heteroatoms. The molecule has 1 spiro atoms. The molecule has 0 radical (unpaired) electrons. The summed E-state index contributed by atoms with van der Waals surface area (Å²) in [6.07, 6.45) is 5.41. The Morgan fingerprint density at radius 3 is 3.00 bits per heavy atom. The van der Waals surface area contributed by atoms with Gasteiger partial charge in [0.15, 0.2) is 5.65 Å². The van der Waals surface area contributed by atoms with Gasteiger partial charge < -0.3 is 15.4 Å². The monoisotopic (exact) mass is 365 g/mol. The highest BCUT2D eigenvalue weighted by Crippen LogP contribution is 2.51. The van der Waals surface area contributed by atoms with Gasteiger partial charge in [0.25, 0.3) is 0 Å². The molecular weight excluding hydrogens is 345 g/mol. The van der Waals surface area contributed by atoms with Gasteiger partial charge in [0.1, 0.15) is 24.0 Å². The Labute approximate surface area is 156 Å². The zero-order valence-electron chi connectivity index (χ0n) is 15.0. The lowest BCUT2D eigenvalue weighted by molar-refractivity contribution is 0.280. The number of fused-ring (bicyclic) bond motifs is 3. The number of ether oxygens (including phenoxy) is 1. The van der Waals surface area contributed by atoms with Crippen LogP contribution in [-0.2, 0) is 5.54 Å². The number of aromatic nitrogens is 3. The number of halogens is 1. The van der Waals surface area contributed by atoms with Gasteiger partial charge in [-0.1, -0.05) is 6.58 Å². The maximum atomic E-state index is 14.0. The molecule has 1 aromatic carbocycles. The minimum Gasteiger partial charge on any atom is -0.491 e. The standard InChI is InChI=1S/C20H20FN5O/c1-12-11-27-17-4-3-14(21)9-16(17)20(6-7-20)25-18-5-8-26-19(24-18)15(10-22-26)13(2)23-12/h3-5,8-10,12,23H,2,6-7,11H2,1H3,(H,24,25)/t12-/m1/s1. The summed E-state index contributed by atoms with van der Waals surface area (Å²) in [4.78, 5) is 4.74. The minimum atomic E-state index is -0.356. The van der Waals surface area contributed by atoms with Crippen molar-refractivity contribution in [1.29, 1.82) is 0 Å². The van der Waals surface area contributed by atoms with Gasteiger partial charge in [-0.05, 0) is 44.0 Å². The molecule has 1 saturated carbocycles. The lowest BCUT2D eigenvalue weighted by atomic mass is 10.0. The van der Waals surface area contributed by atoms with Crippen LogP contribution in [0.2, 0.25) is 0 Å². The first-order valence-electron chi connectivity index (χ1n) is 9.05. The molecule has 6 nitrogen and oxygen atoms in total. The first-order chi connectivity index (χ1) is 13.0. The molecule has 138 valence electrons. The zero-order chi connectivity index (χ0) is 18.6. The number of rotatable bonds is 0. The van der Waals surface area contributed by atoms with Gasteiger partial charge in [0, 0.05) is 17.5 Å². The van der Waals surface area contributed by atoms with Crippen molar-refractivity contribution in [2.75, 3.05) is 11.9 Å². The van der Waals surface area contributed by atoms with Crippen molar-refractivity contribution in [3.8, 4) is 5.75 Å². The highest BCUT2D eigenvalue weighted by molar-refractivity contribution is 5.74. The highest BCUT2D eigenvalue weighted by Gasteiger charge is 2.47. The van der Waals surface area contributed by atoms with Crippen LogP contribution in [0.15, 0.2) is 43.2 Å². The molecule has 0 unspecified atom stereocenters. The topological polar surface area (TPSA) is 63.5 Å². The Morgan fingerprint density at radius 2 is 2.19 bits per heavy atom. The van der Waals surface area contributed by atoms with Crippen molar-refractivity contribution < 1.29 is 9.13 Å². The van der Waals surface area contributed by atoms with E-state index in [1.54, 1.807) is 22.8 Å². The van der Waals surface area contributed by atoms with E-state index in [2.05, 4.69) is 22.3 Å². The van der Waals surface area contributed by atoms with Crippen LogP contribution in [-0.4, -0.2) is 27.2 Å². The van der Waals surface area contributed by atoms with Gasteiger partial charge in [-0.2, -0.15) is 5.10 Å². The molecule has 1 aliphatic heterocycles. The quantitative estimate of drug-likeness (QED) is 0.640. The number of hydrogen-bond donors (Lipinski definition) is 2. The van der Waals surface area contributed by atoms with Crippen molar-refractivity contribution in [3.63, 3.8) is 0 Å². The smallest absolute Gasteiger partial charge is 0.166 e. The van der Waals surface area contributed by atoms with Gasteiger partial charge >= 0.3 is 0 Å². The second-order valence-corrected chi connectivity index (χ2v) is 7.32. The van der Waals surface area contributed by atoms with E-state index in [0.717, 1.165) is 41.1 Å². The zero-order valence-corrected chi connectivity index (χ0v) is 15.0. The van der Waals surface area contributed by atoms with Gasteiger partial charge in [0.05, 0.1) is 23.3 Å². The van der Waals surface area contributed by atoms with Gasteiger partial charge in [-0.3, -0.25) is 0 Å². The molecule has 27 heavy (non-hydrogen) atoms. The van der Waals surface area contributed by atoms with E-state index in [9.17, 15) is 4.39 Å². The summed E-state index contributed by atoms with van der Waals surface area (Å²) in [5.74, 6) is 1.15. The Hall–Kier alpha value is -3.09. The average molecular weight is 365 g/mol. The molecule has 1 atom stereocenters. The van der Waals surface area contributed by atoms with E-state index < -0.39 is 0 Å². The summed E-state index contributed by atoms with van der Waals surface area (Å²) < 4.78 is 21.8. The molecule has 3 heterocycles. The van der Waals surface area contributed by atoms with Crippen LogP contribution in [0.4, 0.5) is 10.2 Å². The molecule has 2 aliphatic rings. The molecule has 0 amide bonds. The SMILES string of the molecule is C=C1N[C@H](C)COc2ccc(F)cc2C2(CC2)Nc2ccn3ncc1c3n2. The first kappa shape index (κ1) is 16.1. The predicted molar refractivity (Wildman–Crippen MR) is 101 cm³/mol. The van der Waals surface area contributed by atoms with Crippen LogP contribution < -0.4 is 15.4 Å². The summed E-state index contributed by atoms with van der Waals surface area (Å²) in [6, 6.07) is 6.60. The lowest BCUT2D eigenvalue weighted by Gasteiger charge is -2.23. The molecule has 5 rings (SSSR count). The van der Waals surface area contributed by atoms with Crippen LogP contribution in [0.25, 0.3) is 11.3 Å². The van der Waals surface area contributed by atoms with E-state index in [4.69, 9.17) is 9.72 Å². The molecule has 1 fully saturated rings. The summed E-state index contributed by atoms with van der Waals surface area (Å²) in [7, 11) is 0. The van der Waals surface area contributed by atoms with Crippen LogP contribution in [0.3, 0.4) is 0 Å². The normalized spacial score (nSPS) is 20.7. The van der Waals surface area contributed by atoms with Gasteiger partial charge in [0.2, 0.25) is 0 Å². The maximum absolute atomic E-state index is 14.0. The average Bonchev–Trinajstić information content (AvgIpc) is 3.29. The highest BCUT2D eigenvalue weighted by atomic mass is 19.1. The summed E-state index contributed by atoms with van der Waals surface area (Å²) in [5.41, 5.74) is 2.79. The van der Waals surface area contributed by atoms with Crippen LogP contribution in [0, 0.1) is 5.82 Å². The molecule has 0 saturated heterocycles. The second-order valence-electron chi connectivity index (χ2n) is 7.32. The molecule has 3 aromatic rings. The third-order valence-corrected chi connectivity index (χ3v) is 5.18. The lowest BCUT2D eigenvalue weighted by Crippen LogP contribution is -2.30. The first-order valence-corrected chi connectivity index (χ1v) is 9.05. The van der Waals surface area contributed by atoms with Crippen molar-refractivity contribution >= 4 is 17.2 Å². The summed E-state index contributed by atoms with van der Waals surface area (Å²) in [6.45, 7) is 6.58. The van der Waals surface area contributed by atoms with Crippen LogP contribution in [0.5, 0.6) is 5.75 Å². The number of anilines is 1. The van der Waals surface area contributed by atoms with E-state index in [1.165, 1.54) is 6.07 Å². The predicted octanol–water partition coefficient (Wildman–Crippen LogP) is 3.31. The van der Waals surface area contributed by atoms with Crippen molar-refractivity contribution in [2.45, 2.75) is 31.3 Å². The Kier molecular flexibility index (Phi) is 3.40. The molecule has 2 bridgehead atoms. The summed E-state index contributed by atoms with van der Waals surface area (Å²) in [5, 5.41) is 11.2. The van der Waals surface area contributed by atoms with Gasteiger partial charge in [-0.15, -0.1) is 0 Å². The van der Waals surface area contributed by atoms with E-state index in [1.807, 2.05) is 19.2 Å². The van der Waals surface area contributed by atoms with Gasteiger partial charge in [-0.25, -0.2) is 13.9 Å².